The first-order chi connectivity index (χ1) is 11.0. The zero-order chi connectivity index (χ0) is 16.8. The topological polar surface area (TPSA) is 58.2 Å². The van der Waals surface area contributed by atoms with E-state index in [0.29, 0.717) is 6.07 Å². The van der Waals surface area contributed by atoms with Gasteiger partial charge in [-0.3, -0.25) is 9.59 Å². The second kappa shape index (κ2) is 7.49. The predicted octanol–water partition coefficient (Wildman–Crippen LogP) is 2.57. The molecule has 2 aromatic rings. The van der Waals surface area contributed by atoms with E-state index in [2.05, 4.69) is 10.6 Å². The minimum absolute atomic E-state index is 0.135. The molecule has 0 spiro atoms. The smallest absolute Gasteiger partial charge is 0.243 e. The quantitative estimate of drug-likeness (QED) is 0.890. The van der Waals surface area contributed by atoms with Gasteiger partial charge in [0, 0.05) is 6.07 Å². The van der Waals surface area contributed by atoms with Crippen LogP contribution < -0.4 is 10.6 Å². The minimum atomic E-state index is -0.871. The number of carbonyl (C=O) groups is 2. The molecule has 23 heavy (non-hydrogen) atoms. The van der Waals surface area contributed by atoms with Crippen LogP contribution >= 0.6 is 0 Å². The maximum Gasteiger partial charge on any atom is 0.243 e. The first kappa shape index (κ1) is 16.6. The molecule has 2 N–H and O–H groups in total. The molecule has 0 radical (unpaired) electrons. The third-order valence-electron chi connectivity index (χ3n) is 3.26. The van der Waals surface area contributed by atoms with Crippen LogP contribution in [0, 0.1) is 18.6 Å². The highest BCUT2D eigenvalue weighted by molar-refractivity contribution is 5.94. The predicted molar refractivity (Wildman–Crippen MR) is 82.9 cm³/mol. The Hall–Kier alpha value is -2.76. The van der Waals surface area contributed by atoms with Gasteiger partial charge in [0.05, 0.1) is 18.7 Å². The van der Waals surface area contributed by atoms with Crippen LogP contribution in [0.2, 0.25) is 0 Å². The molecule has 0 aromatic heterocycles. The Bertz CT molecular complexity index is 732. The Morgan fingerprint density at radius 3 is 2.48 bits per heavy atom. The number of halogens is 2. The summed E-state index contributed by atoms with van der Waals surface area (Å²) in [5.74, 6) is -2.50. The van der Waals surface area contributed by atoms with Crippen molar-refractivity contribution in [2.24, 2.45) is 0 Å². The van der Waals surface area contributed by atoms with E-state index in [1.165, 1.54) is 0 Å². The van der Waals surface area contributed by atoms with Crippen LogP contribution in [0.1, 0.15) is 11.1 Å². The standard InChI is InChI=1S/C17H16F2N2O2/c1-11-4-2-3-5-12(11)8-16(22)20-10-17(23)21-15-7-6-13(18)9-14(15)19/h2-7,9H,8,10H2,1H3,(H,20,22)(H,21,23). The second-order valence-electron chi connectivity index (χ2n) is 5.05. The van der Waals surface area contributed by atoms with Gasteiger partial charge in [0.1, 0.15) is 11.6 Å². The molecule has 0 bridgehead atoms. The van der Waals surface area contributed by atoms with Crippen molar-refractivity contribution in [3.63, 3.8) is 0 Å². The lowest BCUT2D eigenvalue weighted by Gasteiger charge is -2.09. The fourth-order valence-electron chi connectivity index (χ4n) is 2.01. The fourth-order valence-corrected chi connectivity index (χ4v) is 2.01. The lowest BCUT2D eigenvalue weighted by molar-refractivity contribution is -0.123. The van der Waals surface area contributed by atoms with E-state index in [4.69, 9.17) is 0 Å². The summed E-state index contributed by atoms with van der Waals surface area (Å²) >= 11 is 0. The molecule has 4 nitrogen and oxygen atoms in total. The van der Waals surface area contributed by atoms with Crippen LogP contribution in [0.3, 0.4) is 0 Å². The molecule has 120 valence electrons. The summed E-state index contributed by atoms with van der Waals surface area (Å²) < 4.78 is 26.2. The second-order valence-corrected chi connectivity index (χ2v) is 5.05. The van der Waals surface area contributed by atoms with E-state index in [1.54, 1.807) is 0 Å². The average Bonchev–Trinajstić information content (AvgIpc) is 2.50. The van der Waals surface area contributed by atoms with Gasteiger partial charge in [0.25, 0.3) is 0 Å². The monoisotopic (exact) mass is 318 g/mol. The molecule has 0 heterocycles. The summed E-state index contributed by atoms with van der Waals surface area (Å²) in [6, 6.07) is 10.3. The van der Waals surface area contributed by atoms with E-state index in [9.17, 15) is 18.4 Å². The van der Waals surface area contributed by atoms with Crippen LogP contribution in [-0.4, -0.2) is 18.4 Å². The van der Waals surface area contributed by atoms with Crippen LogP contribution in [0.25, 0.3) is 0 Å². The van der Waals surface area contributed by atoms with Crippen LogP contribution in [0.4, 0.5) is 14.5 Å². The van der Waals surface area contributed by atoms with E-state index in [1.807, 2.05) is 31.2 Å². The summed E-state index contributed by atoms with van der Waals surface area (Å²) in [6.07, 6.45) is 0.158. The average molecular weight is 318 g/mol. The van der Waals surface area contributed by atoms with Gasteiger partial charge in [0.2, 0.25) is 11.8 Å². The van der Waals surface area contributed by atoms with E-state index in [0.717, 1.165) is 23.3 Å². The summed E-state index contributed by atoms with van der Waals surface area (Å²) in [5, 5.41) is 4.73. The number of hydrogen-bond donors (Lipinski definition) is 2. The summed E-state index contributed by atoms with van der Waals surface area (Å²) in [5.41, 5.74) is 1.72. The molecule has 2 amide bonds. The number of benzene rings is 2. The molecule has 0 aliphatic carbocycles. The van der Waals surface area contributed by atoms with Crippen molar-refractivity contribution in [2.75, 3.05) is 11.9 Å². The van der Waals surface area contributed by atoms with Crippen molar-refractivity contribution in [2.45, 2.75) is 13.3 Å². The highest BCUT2D eigenvalue weighted by Crippen LogP contribution is 2.14. The van der Waals surface area contributed by atoms with Crippen LogP contribution in [0.15, 0.2) is 42.5 Å². The number of nitrogens with one attached hydrogen (secondary N) is 2. The normalized spacial score (nSPS) is 10.2. The molecule has 0 saturated carbocycles. The van der Waals surface area contributed by atoms with Gasteiger partial charge in [-0.25, -0.2) is 8.78 Å². The fraction of sp³-hybridized carbons (Fsp3) is 0.176. The largest absolute Gasteiger partial charge is 0.347 e. The van der Waals surface area contributed by atoms with Gasteiger partial charge >= 0.3 is 0 Å². The zero-order valence-electron chi connectivity index (χ0n) is 12.5. The lowest BCUT2D eigenvalue weighted by atomic mass is 10.1. The molecular formula is C17H16F2N2O2. The van der Waals surface area contributed by atoms with E-state index in [-0.39, 0.29) is 24.6 Å². The van der Waals surface area contributed by atoms with Crippen LogP contribution in [0.5, 0.6) is 0 Å². The Morgan fingerprint density at radius 2 is 1.78 bits per heavy atom. The Kier molecular flexibility index (Phi) is 5.41. The van der Waals surface area contributed by atoms with Crippen LogP contribution in [-0.2, 0) is 16.0 Å². The Labute approximate surface area is 132 Å². The Balaban J connectivity index is 1.84. The summed E-state index contributed by atoms with van der Waals surface area (Å²) in [7, 11) is 0. The minimum Gasteiger partial charge on any atom is -0.347 e. The van der Waals surface area contributed by atoms with Crippen molar-refractivity contribution in [1.29, 1.82) is 0 Å². The molecule has 0 atom stereocenters. The van der Waals surface area contributed by atoms with Crippen molar-refractivity contribution in [3.05, 3.63) is 65.2 Å². The highest BCUT2D eigenvalue weighted by atomic mass is 19.1. The SMILES string of the molecule is Cc1ccccc1CC(=O)NCC(=O)Nc1ccc(F)cc1F. The molecule has 6 heteroatoms. The van der Waals surface area contributed by atoms with Crippen molar-refractivity contribution >= 4 is 17.5 Å². The maximum absolute atomic E-state index is 13.4. The number of hydrogen-bond acceptors (Lipinski definition) is 2. The first-order valence-corrected chi connectivity index (χ1v) is 7.02. The van der Waals surface area contributed by atoms with E-state index < -0.39 is 17.5 Å². The number of carbonyl (C=O) groups excluding carboxylic acids is 2. The zero-order valence-corrected chi connectivity index (χ0v) is 12.5. The third kappa shape index (κ3) is 4.88. The summed E-state index contributed by atoms with van der Waals surface area (Å²) in [4.78, 5) is 23.5. The number of rotatable bonds is 5. The van der Waals surface area contributed by atoms with Gasteiger partial charge in [-0.05, 0) is 30.2 Å². The molecule has 0 aliphatic rings. The third-order valence-corrected chi connectivity index (χ3v) is 3.26. The van der Waals surface area contributed by atoms with Crippen molar-refractivity contribution in [3.8, 4) is 0 Å². The number of anilines is 1. The summed E-state index contributed by atoms with van der Waals surface area (Å²) in [6.45, 7) is 1.61. The number of amides is 2. The maximum atomic E-state index is 13.4. The molecule has 0 fully saturated rings. The molecule has 2 aromatic carbocycles. The molecular weight excluding hydrogens is 302 g/mol. The molecule has 0 unspecified atom stereocenters. The number of aryl methyl sites for hydroxylation is 1. The van der Waals surface area contributed by atoms with Gasteiger partial charge < -0.3 is 10.6 Å². The van der Waals surface area contributed by atoms with Gasteiger partial charge in [0.15, 0.2) is 0 Å². The van der Waals surface area contributed by atoms with Gasteiger partial charge in [-0.1, -0.05) is 24.3 Å². The van der Waals surface area contributed by atoms with Gasteiger partial charge in [-0.2, -0.15) is 0 Å². The Morgan fingerprint density at radius 1 is 1.04 bits per heavy atom. The highest BCUT2D eigenvalue weighted by Gasteiger charge is 2.10. The van der Waals surface area contributed by atoms with Gasteiger partial charge in [-0.15, -0.1) is 0 Å². The molecule has 0 aliphatic heterocycles. The first-order valence-electron chi connectivity index (χ1n) is 7.02. The molecule has 2 rings (SSSR count). The molecule has 0 saturated heterocycles. The van der Waals surface area contributed by atoms with Crippen molar-refractivity contribution in [1.82, 2.24) is 5.32 Å². The van der Waals surface area contributed by atoms with Crippen molar-refractivity contribution < 1.29 is 18.4 Å². The lowest BCUT2D eigenvalue weighted by Crippen LogP contribution is -2.34. The van der Waals surface area contributed by atoms with E-state index >= 15 is 0 Å².